The third kappa shape index (κ3) is 3.93. The molecule has 25 heavy (non-hydrogen) atoms. The summed E-state index contributed by atoms with van der Waals surface area (Å²) in [5.41, 5.74) is 2.18. The standard InChI is InChI=1S/C18H22N6O/c1-14-4-6-16(7-5-14)18-22-21-17(25-18)11-23-8-2-3-15(9-23)10-24-13-19-12-20-24/h4-7,12-13,15H,2-3,8-11H2,1H3/t15-/m0/s1. The van der Waals surface area contributed by atoms with Crippen LogP contribution < -0.4 is 0 Å². The van der Waals surface area contributed by atoms with Gasteiger partial charge in [-0.3, -0.25) is 9.58 Å². The summed E-state index contributed by atoms with van der Waals surface area (Å²) >= 11 is 0. The van der Waals surface area contributed by atoms with Crippen LogP contribution in [0.2, 0.25) is 0 Å². The second-order valence-corrected chi connectivity index (χ2v) is 6.73. The Morgan fingerprint density at radius 3 is 2.88 bits per heavy atom. The number of likely N-dealkylation sites (tertiary alicyclic amines) is 1. The first-order valence-corrected chi connectivity index (χ1v) is 8.70. The Hall–Kier alpha value is -2.54. The summed E-state index contributed by atoms with van der Waals surface area (Å²) in [6.45, 7) is 5.76. The van der Waals surface area contributed by atoms with E-state index in [1.807, 2.05) is 16.8 Å². The highest BCUT2D eigenvalue weighted by atomic mass is 16.4. The Morgan fingerprint density at radius 1 is 1.20 bits per heavy atom. The SMILES string of the molecule is Cc1ccc(-c2nnc(CN3CCC[C@H](Cn4cncn4)C3)o2)cc1. The molecule has 1 atom stereocenters. The second kappa shape index (κ2) is 7.14. The zero-order valence-corrected chi connectivity index (χ0v) is 14.4. The van der Waals surface area contributed by atoms with Crippen molar-refractivity contribution in [3.63, 3.8) is 0 Å². The van der Waals surface area contributed by atoms with E-state index in [-0.39, 0.29) is 0 Å². The summed E-state index contributed by atoms with van der Waals surface area (Å²) in [5.74, 6) is 1.85. The molecule has 3 heterocycles. The quantitative estimate of drug-likeness (QED) is 0.712. The van der Waals surface area contributed by atoms with Crippen LogP contribution in [0, 0.1) is 12.8 Å². The maximum absolute atomic E-state index is 5.86. The summed E-state index contributed by atoms with van der Waals surface area (Å²) in [6.07, 6.45) is 5.77. The van der Waals surface area contributed by atoms with Gasteiger partial charge in [0, 0.05) is 18.7 Å². The topological polar surface area (TPSA) is 72.9 Å². The molecular formula is C18H22N6O. The highest BCUT2D eigenvalue weighted by Gasteiger charge is 2.22. The van der Waals surface area contributed by atoms with E-state index in [2.05, 4.69) is 44.2 Å². The lowest BCUT2D eigenvalue weighted by atomic mass is 9.98. The van der Waals surface area contributed by atoms with Gasteiger partial charge in [-0.25, -0.2) is 4.98 Å². The average molecular weight is 338 g/mol. The summed E-state index contributed by atoms with van der Waals surface area (Å²) in [5, 5.41) is 12.6. The molecule has 2 aromatic heterocycles. The number of aryl methyl sites for hydroxylation is 1. The summed E-state index contributed by atoms with van der Waals surface area (Å²) < 4.78 is 7.78. The molecule has 0 amide bonds. The van der Waals surface area contributed by atoms with Gasteiger partial charge >= 0.3 is 0 Å². The Labute approximate surface area is 146 Å². The third-order valence-electron chi connectivity index (χ3n) is 4.64. The predicted molar refractivity (Wildman–Crippen MR) is 92.5 cm³/mol. The van der Waals surface area contributed by atoms with Gasteiger partial charge in [0.05, 0.1) is 6.54 Å². The molecule has 0 spiro atoms. The van der Waals surface area contributed by atoms with Crippen LogP contribution in [0.3, 0.4) is 0 Å². The molecule has 1 aromatic carbocycles. The van der Waals surface area contributed by atoms with Gasteiger partial charge in [0.25, 0.3) is 0 Å². The van der Waals surface area contributed by atoms with Crippen LogP contribution in [0.4, 0.5) is 0 Å². The number of piperidine rings is 1. The van der Waals surface area contributed by atoms with E-state index < -0.39 is 0 Å². The number of aromatic nitrogens is 5. The van der Waals surface area contributed by atoms with Gasteiger partial charge in [0.15, 0.2) is 0 Å². The molecule has 0 N–H and O–H groups in total. The highest BCUT2D eigenvalue weighted by Crippen LogP contribution is 2.22. The molecule has 1 aliphatic heterocycles. The van der Waals surface area contributed by atoms with Crippen LogP contribution in [0.1, 0.15) is 24.3 Å². The van der Waals surface area contributed by atoms with Gasteiger partial charge in [0.2, 0.25) is 11.8 Å². The Kier molecular flexibility index (Phi) is 4.56. The maximum atomic E-state index is 5.86. The van der Waals surface area contributed by atoms with E-state index in [1.54, 1.807) is 12.7 Å². The normalized spacial score (nSPS) is 18.5. The number of hydrogen-bond acceptors (Lipinski definition) is 6. The first kappa shape index (κ1) is 16.0. The zero-order valence-electron chi connectivity index (χ0n) is 14.4. The van der Waals surface area contributed by atoms with Crippen molar-refractivity contribution in [1.29, 1.82) is 0 Å². The van der Waals surface area contributed by atoms with E-state index >= 15 is 0 Å². The summed E-state index contributed by atoms with van der Waals surface area (Å²) in [4.78, 5) is 6.40. The Morgan fingerprint density at radius 2 is 2.08 bits per heavy atom. The number of hydrogen-bond donors (Lipinski definition) is 0. The van der Waals surface area contributed by atoms with E-state index in [0.29, 0.717) is 24.2 Å². The molecule has 3 aromatic rings. The summed E-state index contributed by atoms with van der Waals surface area (Å²) in [6, 6.07) is 8.14. The van der Waals surface area contributed by atoms with E-state index in [1.165, 1.54) is 18.4 Å². The third-order valence-corrected chi connectivity index (χ3v) is 4.64. The second-order valence-electron chi connectivity index (χ2n) is 6.73. The van der Waals surface area contributed by atoms with E-state index in [4.69, 9.17) is 4.42 Å². The highest BCUT2D eigenvalue weighted by molar-refractivity contribution is 5.52. The Bertz CT molecular complexity index is 795. The molecule has 1 aliphatic rings. The molecular weight excluding hydrogens is 316 g/mol. The molecule has 1 saturated heterocycles. The first-order valence-electron chi connectivity index (χ1n) is 8.70. The molecule has 7 nitrogen and oxygen atoms in total. The van der Waals surface area contributed by atoms with Crippen molar-refractivity contribution in [3.8, 4) is 11.5 Å². The van der Waals surface area contributed by atoms with E-state index in [9.17, 15) is 0 Å². The maximum Gasteiger partial charge on any atom is 0.247 e. The molecule has 1 fully saturated rings. The van der Waals surface area contributed by atoms with Gasteiger partial charge in [-0.15, -0.1) is 10.2 Å². The molecule has 7 heteroatoms. The van der Waals surface area contributed by atoms with Gasteiger partial charge in [-0.2, -0.15) is 5.10 Å². The molecule has 0 unspecified atom stereocenters. The molecule has 0 saturated carbocycles. The average Bonchev–Trinajstić information content (AvgIpc) is 3.28. The van der Waals surface area contributed by atoms with Gasteiger partial charge in [-0.05, 0) is 44.4 Å². The van der Waals surface area contributed by atoms with Crippen molar-refractivity contribution < 1.29 is 4.42 Å². The molecule has 0 bridgehead atoms. The Balaban J connectivity index is 1.37. The lowest BCUT2D eigenvalue weighted by Gasteiger charge is -2.31. The number of rotatable bonds is 5. The molecule has 130 valence electrons. The summed E-state index contributed by atoms with van der Waals surface area (Å²) in [7, 11) is 0. The van der Waals surface area contributed by atoms with Crippen LogP contribution >= 0.6 is 0 Å². The minimum absolute atomic E-state index is 0.579. The van der Waals surface area contributed by atoms with Crippen LogP contribution in [-0.2, 0) is 13.1 Å². The fourth-order valence-electron chi connectivity index (χ4n) is 3.36. The van der Waals surface area contributed by atoms with Crippen LogP contribution in [0.5, 0.6) is 0 Å². The van der Waals surface area contributed by atoms with Crippen LogP contribution in [0.15, 0.2) is 41.3 Å². The van der Waals surface area contributed by atoms with Crippen molar-refractivity contribution in [1.82, 2.24) is 29.9 Å². The predicted octanol–water partition coefficient (Wildman–Crippen LogP) is 2.55. The minimum atomic E-state index is 0.579. The smallest absolute Gasteiger partial charge is 0.247 e. The van der Waals surface area contributed by atoms with Gasteiger partial charge in [-0.1, -0.05) is 17.7 Å². The lowest BCUT2D eigenvalue weighted by molar-refractivity contribution is 0.142. The number of benzene rings is 1. The van der Waals surface area contributed by atoms with Crippen LogP contribution in [0.25, 0.3) is 11.5 Å². The first-order chi connectivity index (χ1) is 12.3. The van der Waals surface area contributed by atoms with E-state index in [0.717, 1.165) is 25.2 Å². The molecule has 4 rings (SSSR count). The van der Waals surface area contributed by atoms with Crippen molar-refractivity contribution in [2.45, 2.75) is 32.9 Å². The van der Waals surface area contributed by atoms with Crippen molar-refractivity contribution >= 4 is 0 Å². The van der Waals surface area contributed by atoms with Crippen molar-refractivity contribution in [2.24, 2.45) is 5.92 Å². The minimum Gasteiger partial charge on any atom is -0.419 e. The fourth-order valence-corrected chi connectivity index (χ4v) is 3.36. The largest absolute Gasteiger partial charge is 0.419 e. The zero-order chi connectivity index (χ0) is 17.1. The monoisotopic (exact) mass is 338 g/mol. The van der Waals surface area contributed by atoms with Crippen molar-refractivity contribution in [3.05, 3.63) is 48.4 Å². The molecule has 0 radical (unpaired) electrons. The molecule has 0 aliphatic carbocycles. The van der Waals surface area contributed by atoms with Gasteiger partial charge < -0.3 is 4.42 Å². The fraction of sp³-hybridized carbons (Fsp3) is 0.444. The van der Waals surface area contributed by atoms with Crippen LogP contribution in [-0.4, -0.2) is 43.0 Å². The number of nitrogens with zero attached hydrogens (tertiary/aromatic N) is 6. The lowest BCUT2D eigenvalue weighted by Crippen LogP contribution is -2.36. The van der Waals surface area contributed by atoms with Crippen molar-refractivity contribution in [2.75, 3.05) is 13.1 Å². The van der Waals surface area contributed by atoms with Gasteiger partial charge in [0.1, 0.15) is 12.7 Å².